The van der Waals surface area contributed by atoms with E-state index in [2.05, 4.69) is 30.1 Å². The van der Waals surface area contributed by atoms with Crippen LogP contribution < -0.4 is 0 Å². The van der Waals surface area contributed by atoms with E-state index in [1.165, 1.54) is 4.21 Å². The molecule has 0 aromatic carbocycles. The van der Waals surface area contributed by atoms with Gasteiger partial charge in [-0.2, -0.15) is 12.6 Å². The molecule has 50 valence electrons. The first-order valence-electron chi connectivity index (χ1n) is 2.70. The quantitative estimate of drug-likeness (QED) is 0.546. The van der Waals surface area contributed by atoms with Gasteiger partial charge in [0.05, 0.1) is 4.21 Å². The van der Waals surface area contributed by atoms with E-state index < -0.39 is 0 Å². The Morgan fingerprint density at radius 3 is 3.11 bits per heavy atom. The molecular formula is C6H8S3. The van der Waals surface area contributed by atoms with Gasteiger partial charge in [0, 0.05) is 5.75 Å². The van der Waals surface area contributed by atoms with E-state index in [9.17, 15) is 0 Å². The van der Waals surface area contributed by atoms with E-state index in [4.69, 9.17) is 0 Å². The summed E-state index contributed by atoms with van der Waals surface area (Å²) in [5, 5.41) is 2.10. The average molecular weight is 176 g/mol. The number of hydrogen-bond acceptors (Lipinski definition) is 3. The molecule has 1 heterocycles. The maximum absolute atomic E-state index is 4.12. The normalized spacial score (nSPS) is 9.89. The van der Waals surface area contributed by atoms with Crippen LogP contribution in [0.5, 0.6) is 0 Å². The molecule has 0 atom stereocenters. The highest BCUT2D eigenvalue weighted by Crippen LogP contribution is 2.22. The van der Waals surface area contributed by atoms with Crippen LogP contribution in [0.2, 0.25) is 0 Å². The molecule has 0 radical (unpaired) electrons. The van der Waals surface area contributed by atoms with Gasteiger partial charge in [-0.15, -0.1) is 23.1 Å². The SMILES string of the molecule is SCCSc1cccs1. The molecule has 0 fully saturated rings. The van der Waals surface area contributed by atoms with Gasteiger partial charge in [0.15, 0.2) is 0 Å². The molecule has 1 aromatic rings. The minimum Gasteiger partial charge on any atom is -0.178 e. The second-order valence-electron chi connectivity index (χ2n) is 1.50. The molecule has 0 N–H and O–H groups in total. The number of rotatable bonds is 3. The van der Waals surface area contributed by atoms with E-state index in [-0.39, 0.29) is 0 Å². The summed E-state index contributed by atoms with van der Waals surface area (Å²) in [4.78, 5) is 0. The van der Waals surface area contributed by atoms with Gasteiger partial charge in [-0.3, -0.25) is 0 Å². The second kappa shape index (κ2) is 4.25. The Morgan fingerprint density at radius 2 is 2.56 bits per heavy atom. The Bertz CT molecular complexity index is 145. The Hall–Kier alpha value is 0.400. The molecule has 0 spiro atoms. The highest BCUT2D eigenvalue weighted by molar-refractivity contribution is 8.01. The Kier molecular flexibility index (Phi) is 3.55. The fourth-order valence-corrected chi connectivity index (χ4v) is 2.37. The number of hydrogen-bond donors (Lipinski definition) is 1. The van der Waals surface area contributed by atoms with Crippen LogP contribution >= 0.6 is 35.7 Å². The minimum atomic E-state index is 0.961. The van der Waals surface area contributed by atoms with Crippen LogP contribution in [0, 0.1) is 0 Å². The van der Waals surface area contributed by atoms with Crippen molar-refractivity contribution in [3.63, 3.8) is 0 Å². The number of thiophene rings is 1. The monoisotopic (exact) mass is 176 g/mol. The topological polar surface area (TPSA) is 0 Å². The summed E-state index contributed by atoms with van der Waals surface area (Å²) in [7, 11) is 0. The first kappa shape index (κ1) is 7.51. The van der Waals surface area contributed by atoms with Gasteiger partial charge in [-0.05, 0) is 17.2 Å². The largest absolute Gasteiger partial charge is 0.178 e. The van der Waals surface area contributed by atoms with Crippen molar-refractivity contribution in [1.82, 2.24) is 0 Å². The molecular weight excluding hydrogens is 168 g/mol. The Morgan fingerprint density at radius 1 is 1.67 bits per heavy atom. The fraction of sp³-hybridized carbons (Fsp3) is 0.333. The number of thiol groups is 1. The molecule has 0 amide bonds. The Balaban J connectivity index is 2.30. The van der Waals surface area contributed by atoms with Gasteiger partial charge in [0.25, 0.3) is 0 Å². The average Bonchev–Trinajstić information content (AvgIpc) is 2.34. The molecule has 0 aliphatic carbocycles. The van der Waals surface area contributed by atoms with Crippen LogP contribution in [0.4, 0.5) is 0 Å². The molecule has 1 aromatic heterocycles. The molecule has 0 aliphatic rings. The van der Waals surface area contributed by atoms with Crippen LogP contribution in [-0.4, -0.2) is 11.5 Å². The van der Waals surface area contributed by atoms with E-state index in [0.29, 0.717) is 0 Å². The summed E-state index contributed by atoms with van der Waals surface area (Å²) in [6.07, 6.45) is 0. The maximum atomic E-state index is 4.12. The summed E-state index contributed by atoms with van der Waals surface area (Å²) in [5.41, 5.74) is 0. The van der Waals surface area contributed by atoms with Crippen molar-refractivity contribution in [2.75, 3.05) is 11.5 Å². The summed E-state index contributed by atoms with van der Waals surface area (Å²) in [5.74, 6) is 2.08. The van der Waals surface area contributed by atoms with Crippen LogP contribution in [0.15, 0.2) is 21.7 Å². The standard InChI is InChI=1S/C6H8S3/c7-3-5-9-6-2-1-4-8-6/h1-2,4,7H,3,5H2. The lowest BCUT2D eigenvalue weighted by Gasteiger charge is -1.90. The van der Waals surface area contributed by atoms with Gasteiger partial charge in [0.1, 0.15) is 0 Å². The predicted octanol–water partition coefficient (Wildman–Crippen LogP) is 2.77. The summed E-state index contributed by atoms with van der Waals surface area (Å²) in [6.45, 7) is 0. The maximum Gasteiger partial charge on any atom is 0.0598 e. The molecule has 1 rings (SSSR count). The molecule has 0 bridgehead atoms. The fourth-order valence-electron chi connectivity index (χ4n) is 0.492. The van der Waals surface area contributed by atoms with Crippen molar-refractivity contribution >= 4 is 35.7 Å². The van der Waals surface area contributed by atoms with Crippen LogP contribution in [0.1, 0.15) is 0 Å². The van der Waals surface area contributed by atoms with E-state index in [1.807, 2.05) is 11.8 Å². The molecule has 0 nitrogen and oxygen atoms in total. The van der Waals surface area contributed by atoms with Crippen molar-refractivity contribution in [1.29, 1.82) is 0 Å². The van der Waals surface area contributed by atoms with Crippen LogP contribution in [0.25, 0.3) is 0 Å². The smallest absolute Gasteiger partial charge is 0.0598 e. The number of thioether (sulfide) groups is 1. The van der Waals surface area contributed by atoms with Crippen molar-refractivity contribution in [3.8, 4) is 0 Å². The second-order valence-corrected chi connectivity index (χ2v) is 4.29. The third-order valence-corrected chi connectivity index (χ3v) is 3.49. The molecule has 0 aliphatic heterocycles. The lowest BCUT2D eigenvalue weighted by Crippen LogP contribution is -1.74. The third kappa shape index (κ3) is 2.65. The molecule has 0 saturated carbocycles. The van der Waals surface area contributed by atoms with Crippen molar-refractivity contribution < 1.29 is 0 Å². The minimum absolute atomic E-state index is 0.961. The van der Waals surface area contributed by atoms with Gasteiger partial charge in [-0.1, -0.05) is 6.07 Å². The van der Waals surface area contributed by atoms with E-state index in [1.54, 1.807) is 11.3 Å². The predicted molar refractivity (Wildman–Crippen MR) is 48.9 cm³/mol. The summed E-state index contributed by atoms with van der Waals surface area (Å²) >= 11 is 7.78. The lowest BCUT2D eigenvalue weighted by atomic mass is 10.7. The van der Waals surface area contributed by atoms with Crippen molar-refractivity contribution in [3.05, 3.63) is 17.5 Å². The zero-order chi connectivity index (χ0) is 6.53. The molecule has 0 saturated heterocycles. The van der Waals surface area contributed by atoms with Gasteiger partial charge >= 0.3 is 0 Å². The van der Waals surface area contributed by atoms with Crippen LogP contribution in [0.3, 0.4) is 0 Å². The third-order valence-electron chi connectivity index (χ3n) is 0.831. The van der Waals surface area contributed by atoms with Gasteiger partial charge in [0.2, 0.25) is 0 Å². The van der Waals surface area contributed by atoms with E-state index in [0.717, 1.165) is 11.5 Å². The summed E-state index contributed by atoms with van der Waals surface area (Å²) < 4.78 is 1.39. The molecule has 9 heavy (non-hydrogen) atoms. The first-order chi connectivity index (χ1) is 4.43. The Labute approximate surface area is 69.1 Å². The zero-order valence-corrected chi connectivity index (χ0v) is 7.44. The lowest BCUT2D eigenvalue weighted by molar-refractivity contribution is 1.55. The highest BCUT2D eigenvalue weighted by Gasteiger charge is 1.90. The molecule has 3 heteroatoms. The van der Waals surface area contributed by atoms with E-state index >= 15 is 0 Å². The highest BCUT2D eigenvalue weighted by atomic mass is 32.2. The van der Waals surface area contributed by atoms with Crippen molar-refractivity contribution in [2.24, 2.45) is 0 Å². The van der Waals surface area contributed by atoms with Crippen molar-refractivity contribution in [2.45, 2.75) is 4.21 Å². The van der Waals surface area contributed by atoms with Crippen LogP contribution in [-0.2, 0) is 0 Å². The van der Waals surface area contributed by atoms with Gasteiger partial charge in [-0.25, -0.2) is 0 Å². The molecule has 0 unspecified atom stereocenters. The zero-order valence-electron chi connectivity index (χ0n) is 4.91. The first-order valence-corrected chi connectivity index (χ1v) is 5.20. The van der Waals surface area contributed by atoms with Gasteiger partial charge < -0.3 is 0 Å². The summed E-state index contributed by atoms with van der Waals surface area (Å²) in [6, 6.07) is 4.21.